The SMILES string of the molecule is COC(=O)c1cc(-c2cccc(C#N)c2)c(C(F)(F)F)cc1NC(C)=O.CS(=O)(=O)Nn1c(=O)[nH]c2cc(C(F)(F)F)c(-c3cccc(C#N)c3)cc2c1=O. The number of esters is 1. The minimum atomic E-state index is -4.83. The van der Waals surface area contributed by atoms with Gasteiger partial charge in [-0.3, -0.25) is 9.59 Å². The minimum absolute atomic E-state index is 0.0199. The van der Waals surface area contributed by atoms with Crippen LogP contribution < -0.4 is 21.4 Å². The van der Waals surface area contributed by atoms with Crippen LogP contribution >= 0.6 is 0 Å². The number of anilines is 1. The number of H-pyrrole nitrogens is 1. The van der Waals surface area contributed by atoms with Crippen LogP contribution in [0.15, 0.2) is 82.4 Å². The molecule has 0 spiro atoms. The van der Waals surface area contributed by atoms with Gasteiger partial charge in [0.05, 0.1) is 69.9 Å². The summed E-state index contributed by atoms with van der Waals surface area (Å²) >= 11 is 0. The molecule has 0 aliphatic rings. The van der Waals surface area contributed by atoms with Gasteiger partial charge >= 0.3 is 24.0 Å². The van der Waals surface area contributed by atoms with Crippen molar-refractivity contribution in [3.63, 3.8) is 0 Å². The monoisotopic (exact) mass is 786 g/mol. The third-order valence-corrected chi connectivity index (χ3v) is 7.90. The molecular formula is C35H24F6N6O7S. The van der Waals surface area contributed by atoms with Crippen molar-refractivity contribution in [3.05, 3.63) is 121 Å². The zero-order valence-corrected chi connectivity index (χ0v) is 29.1. The van der Waals surface area contributed by atoms with E-state index in [2.05, 4.69) is 15.0 Å². The predicted octanol–water partition coefficient (Wildman–Crippen LogP) is 5.74. The number of carbonyl (C=O) groups is 2. The van der Waals surface area contributed by atoms with E-state index in [0.29, 0.717) is 18.4 Å². The quantitative estimate of drug-likeness (QED) is 0.142. The molecular weight excluding hydrogens is 762 g/mol. The molecule has 0 saturated heterocycles. The molecule has 1 aromatic heterocycles. The molecule has 20 heteroatoms. The molecule has 0 aliphatic heterocycles. The van der Waals surface area contributed by atoms with Crippen molar-refractivity contribution in [3.8, 4) is 34.4 Å². The number of carbonyl (C=O) groups excluding carboxylic acids is 2. The lowest BCUT2D eigenvalue weighted by Gasteiger charge is -2.18. The summed E-state index contributed by atoms with van der Waals surface area (Å²) in [5, 5.41) is 19.8. The first-order valence-corrected chi connectivity index (χ1v) is 17.0. The normalized spacial score (nSPS) is 11.4. The largest absolute Gasteiger partial charge is 0.465 e. The molecule has 5 rings (SSSR count). The molecule has 0 aliphatic carbocycles. The summed E-state index contributed by atoms with van der Waals surface area (Å²) in [5.41, 5.74) is -5.85. The van der Waals surface area contributed by atoms with E-state index in [1.807, 2.05) is 12.1 Å². The van der Waals surface area contributed by atoms with Crippen LogP contribution in [-0.4, -0.2) is 43.3 Å². The van der Waals surface area contributed by atoms with E-state index < -0.39 is 67.7 Å². The van der Waals surface area contributed by atoms with Gasteiger partial charge < -0.3 is 15.0 Å². The fraction of sp³-hybridized carbons (Fsp3) is 0.143. The Kier molecular flexibility index (Phi) is 11.6. The molecule has 0 saturated carbocycles. The fourth-order valence-corrected chi connectivity index (χ4v) is 5.64. The molecule has 0 unspecified atom stereocenters. The molecule has 1 heterocycles. The van der Waals surface area contributed by atoms with Crippen molar-refractivity contribution in [2.24, 2.45) is 0 Å². The van der Waals surface area contributed by atoms with E-state index in [4.69, 9.17) is 10.5 Å². The number of benzene rings is 4. The number of nitrogens with one attached hydrogen (secondary N) is 3. The predicted molar refractivity (Wildman–Crippen MR) is 185 cm³/mol. The summed E-state index contributed by atoms with van der Waals surface area (Å²) in [5.74, 6) is -1.54. The molecule has 0 radical (unpaired) electrons. The van der Waals surface area contributed by atoms with Gasteiger partial charge in [-0.1, -0.05) is 24.3 Å². The number of aromatic amines is 1. The summed E-state index contributed by atoms with van der Waals surface area (Å²) in [6.07, 6.45) is -8.88. The van der Waals surface area contributed by atoms with Crippen LogP contribution in [0.1, 0.15) is 39.5 Å². The average Bonchev–Trinajstić information content (AvgIpc) is 3.11. The van der Waals surface area contributed by atoms with Gasteiger partial charge in [-0.15, -0.1) is 0 Å². The molecule has 1 amide bonds. The molecule has 55 heavy (non-hydrogen) atoms. The van der Waals surface area contributed by atoms with Crippen LogP contribution in [0.5, 0.6) is 0 Å². The van der Waals surface area contributed by atoms with Crippen molar-refractivity contribution in [2.45, 2.75) is 19.3 Å². The van der Waals surface area contributed by atoms with Crippen LogP contribution in [0.3, 0.4) is 0 Å². The number of alkyl halides is 6. The third kappa shape index (κ3) is 9.55. The average molecular weight is 787 g/mol. The van der Waals surface area contributed by atoms with Crippen LogP contribution in [0.25, 0.3) is 33.2 Å². The zero-order valence-electron chi connectivity index (χ0n) is 28.3. The Morgan fingerprint density at radius 2 is 1.33 bits per heavy atom. The van der Waals surface area contributed by atoms with Crippen LogP contribution in [0.2, 0.25) is 0 Å². The van der Waals surface area contributed by atoms with Crippen molar-refractivity contribution in [1.82, 2.24) is 9.66 Å². The molecule has 3 N–H and O–H groups in total. The highest BCUT2D eigenvalue weighted by Crippen LogP contribution is 2.41. The van der Waals surface area contributed by atoms with E-state index in [-0.39, 0.29) is 49.1 Å². The van der Waals surface area contributed by atoms with Crippen LogP contribution in [-0.2, 0) is 31.9 Å². The van der Waals surface area contributed by atoms with Crippen molar-refractivity contribution >= 4 is 38.5 Å². The van der Waals surface area contributed by atoms with Crippen molar-refractivity contribution < 1.29 is 49.1 Å². The van der Waals surface area contributed by atoms with Crippen molar-refractivity contribution in [2.75, 3.05) is 23.5 Å². The Balaban J connectivity index is 0.000000246. The summed E-state index contributed by atoms with van der Waals surface area (Å²) in [7, 11) is -2.94. The van der Waals surface area contributed by atoms with Gasteiger partial charge in [0.25, 0.3) is 5.56 Å². The van der Waals surface area contributed by atoms with Gasteiger partial charge in [0.2, 0.25) is 15.9 Å². The van der Waals surface area contributed by atoms with E-state index in [1.54, 1.807) is 4.83 Å². The van der Waals surface area contributed by atoms with Crippen molar-refractivity contribution in [1.29, 1.82) is 10.5 Å². The third-order valence-electron chi connectivity index (χ3n) is 7.38. The lowest BCUT2D eigenvalue weighted by Crippen LogP contribution is -2.43. The summed E-state index contributed by atoms with van der Waals surface area (Å²) in [6, 6.07) is 17.7. The maximum atomic E-state index is 13.6. The number of fused-ring (bicyclic) bond motifs is 1. The summed E-state index contributed by atoms with van der Waals surface area (Å²) in [6.45, 7) is 1.11. The summed E-state index contributed by atoms with van der Waals surface area (Å²) < 4.78 is 109. The van der Waals surface area contributed by atoms with Gasteiger partial charge in [-0.05, 0) is 70.8 Å². The molecule has 4 aromatic carbocycles. The first kappa shape index (κ1) is 40.8. The van der Waals surface area contributed by atoms with Gasteiger partial charge in [0.1, 0.15) is 0 Å². The highest BCUT2D eigenvalue weighted by molar-refractivity contribution is 7.91. The Hall–Kier alpha value is -6.93. The maximum Gasteiger partial charge on any atom is 0.417 e. The molecule has 284 valence electrons. The van der Waals surface area contributed by atoms with E-state index in [0.717, 1.165) is 26.2 Å². The highest BCUT2D eigenvalue weighted by atomic mass is 32.2. The zero-order chi connectivity index (χ0) is 41.0. The van der Waals surface area contributed by atoms with Gasteiger partial charge in [0.15, 0.2) is 0 Å². The number of aromatic nitrogens is 2. The lowest BCUT2D eigenvalue weighted by molar-refractivity contribution is -0.137. The number of nitrogens with zero attached hydrogens (tertiary/aromatic N) is 3. The standard InChI is InChI=1S/C18H13F3N2O3.C17H11F3N4O4S/c1-10(24)23-16-8-15(18(19,20)21)13(7-14(16)17(25)26-2)12-5-3-4-11(6-12)9-22;1-29(27,28)23-24-15(25)12-6-11(10-4-2-3-9(5-10)8-21)13(17(18,19)20)7-14(12)22-16(24)26/h3-8H,1-2H3,(H,23,24);2-7,23H,1H3,(H,22,26). The second-order valence-electron chi connectivity index (χ2n) is 11.4. The van der Waals surface area contributed by atoms with E-state index >= 15 is 0 Å². The van der Waals surface area contributed by atoms with Crippen LogP contribution in [0.4, 0.5) is 32.0 Å². The number of nitriles is 2. The summed E-state index contributed by atoms with van der Waals surface area (Å²) in [4.78, 5) is 51.6. The molecule has 0 bridgehead atoms. The van der Waals surface area contributed by atoms with Gasteiger partial charge in [0, 0.05) is 6.92 Å². The fourth-order valence-electron chi connectivity index (χ4n) is 5.14. The maximum absolute atomic E-state index is 13.6. The Morgan fingerprint density at radius 1 is 0.818 bits per heavy atom. The number of hydrogen-bond acceptors (Lipinski definition) is 9. The van der Waals surface area contributed by atoms with Crippen LogP contribution in [0, 0.1) is 22.7 Å². The minimum Gasteiger partial charge on any atom is -0.465 e. The molecule has 13 nitrogen and oxygen atoms in total. The smallest absolute Gasteiger partial charge is 0.417 e. The van der Waals surface area contributed by atoms with E-state index in [1.165, 1.54) is 48.5 Å². The second-order valence-corrected chi connectivity index (χ2v) is 13.1. The van der Waals surface area contributed by atoms with Gasteiger partial charge in [-0.2, -0.15) is 41.5 Å². The first-order valence-electron chi connectivity index (χ1n) is 15.1. The Labute approximate surface area is 306 Å². The number of hydrogen-bond donors (Lipinski definition) is 3. The Bertz CT molecular complexity index is 2670. The number of methoxy groups -OCH3 is 1. The van der Waals surface area contributed by atoms with Gasteiger partial charge in [-0.25, -0.2) is 22.8 Å². The molecule has 0 atom stereocenters. The number of ether oxygens (including phenoxy) is 1. The number of rotatable bonds is 6. The number of amides is 1. The Morgan fingerprint density at radius 3 is 1.78 bits per heavy atom. The second kappa shape index (κ2) is 15.6. The highest BCUT2D eigenvalue weighted by Gasteiger charge is 2.36. The topological polar surface area (TPSA) is 204 Å². The number of halogens is 6. The molecule has 5 aromatic rings. The molecule has 0 fully saturated rings. The number of sulfonamides is 1. The first-order chi connectivity index (χ1) is 25.6. The van der Waals surface area contributed by atoms with E-state index in [9.17, 15) is 53.9 Å². The lowest BCUT2D eigenvalue weighted by atomic mass is 9.94.